The van der Waals surface area contributed by atoms with Crippen LogP contribution < -0.4 is 4.74 Å². The van der Waals surface area contributed by atoms with Crippen molar-refractivity contribution >= 4 is 5.91 Å². The van der Waals surface area contributed by atoms with Crippen molar-refractivity contribution in [2.24, 2.45) is 0 Å². The van der Waals surface area contributed by atoms with E-state index < -0.39 is 0 Å². The molecule has 0 radical (unpaired) electrons. The van der Waals surface area contributed by atoms with E-state index in [2.05, 4.69) is 41.2 Å². The van der Waals surface area contributed by atoms with Crippen LogP contribution in [0.15, 0.2) is 53.1 Å². The summed E-state index contributed by atoms with van der Waals surface area (Å²) < 4.78 is 11.0. The minimum absolute atomic E-state index is 0.0828. The van der Waals surface area contributed by atoms with Gasteiger partial charge in [0.05, 0.1) is 11.3 Å². The van der Waals surface area contributed by atoms with Crippen molar-refractivity contribution in [1.82, 2.24) is 15.0 Å². The monoisotopic (exact) mass is 433 g/mol. The Kier molecular flexibility index (Phi) is 6.90. The van der Waals surface area contributed by atoms with Gasteiger partial charge in [0.1, 0.15) is 18.1 Å². The minimum Gasteiger partial charge on any atom is -0.489 e. The Bertz CT molecular complexity index is 1020. The number of benzene rings is 2. The molecule has 0 spiro atoms. The van der Waals surface area contributed by atoms with Gasteiger partial charge in [-0.1, -0.05) is 35.0 Å². The number of hydrogen-bond donors (Lipinski definition) is 0. The number of aryl methyl sites for hydroxylation is 3. The summed E-state index contributed by atoms with van der Waals surface area (Å²) in [4.78, 5) is 17.4. The number of nitrogens with zero attached hydrogens (tertiary/aromatic N) is 3. The summed E-state index contributed by atoms with van der Waals surface area (Å²) in [5.41, 5.74) is 5.10. The molecule has 0 saturated carbocycles. The van der Waals surface area contributed by atoms with E-state index in [0.717, 1.165) is 61.9 Å². The summed E-state index contributed by atoms with van der Waals surface area (Å²) >= 11 is 0. The normalized spacial score (nSPS) is 14.9. The summed E-state index contributed by atoms with van der Waals surface area (Å²) in [5.74, 6) is 1.58. The van der Waals surface area contributed by atoms with Crippen LogP contribution >= 0.6 is 0 Å². The highest BCUT2D eigenvalue weighted by molar-refractivity contribution is 5.94. The third-order valence-corrected chi connectivity index (χ3v) is 6.07. The molecule has 0 atom stereocenters. The second-order valence-electron chi connectivity index (χ2n) is 8.52. The van der Waals surface area contributed by atoms with Gasteiger partial charge in [-0.25, -0.2) is 0 Å². The molecule has 6 nitrogen and oxygen atoms in total. The highest BCUT2D eigenvalue weighted by atomic mass is 16.5. The average molecular weight is 434 g/mol. The average Bonchev–Trinajstić information content (AvgIpc) is 2.98. The molecule has 1 aliphatic heterocycles. The van der Waals surface area contributed by atoms with Crippen molar-refractivity contribution in [2.75, 3.05) is 26.2 Å². The molecule has 0 unspecified atom stereocenters. The quantitative estimate of drug-likeness (QED) is 0.572. The lowest BCUT2D eigenvalue weighted by Crippen LogP contribution is -2.35. The lowest BCUT2D eigenvalue weighted by Gasteiger charge is -2.22. The molecule has 1 aliphatic rings. The third-order valence-electron chi connectivity index (χ3n) is 6.07. The molecule has 32 heavy (non-hydrogen) atoms. The van der Waals surface area contributed by atoms with Crippen molar-refractivity contribution in [3.63, 3.8) is 0 Å². The van der Waals surface area contributed by atoms with E-state index >= 15 is 0 Å². The van der Waals surface area contributed by atoms with Gasteiger partial charge in [-0.05, 0) is 57.0 Å². The van der Waals surface area contributed by atoms with Gasteiger partial charge < -0.3 is 14.2 Å². The fourth-order valence-corrected chi connectivity index (χ4v) is 4.02. The first-order valence-electron chi connectivity index (χ1n) is 11.2. The molecule has 0 bridgehead atoms. The molecule has 2 aromatic carbocycles. The van der Waals surface area contributed by atoms with Crippen LogP contribution in [0.5, 0.6) is 5.75 Å². The van der Waals surface area contributed by atoms with E-state index in [4.69, 9.17) is 9.26 Å². The molecule has 168 valence electrons. The van der Waals surface area contributed by atoms with E-state index in [9.17, 15) is 4.79 Å². The van der Waals surface area contributed by atoms with Gasteiger partial charge >= 0.3 is 0 Å². The zero-order valence-corrected chi connectivity index (χ0v) is 19.1. The van der Waals surface area contributed by atoms with E-state index in [1.807, 2.05) is 43.0 Å². The Balaban J connectivity index is 1.31. The first-order chi connectivity index (χ1) is 15.5. The summed E-state index contributed by atoms with van der Waals surface area (Å²) in [5, 5.41) is 3.95. The fourth-order valence-electron chi connectivity index (χ4n) is 4.02. The Morgan fingerprint density at radius 1 is 0.969 bits per heavy atom. The van der Waals surface area contributed by atoms with E-state index in [0.29, 0.717) is 12.2 Å². The third kappa shape index (κ3) is 5.37. The Labute approximate surface area is 189 Å². The molecule has 0 aliphatic carbocycles. The first-order valence-corrected chi connectivity index (χ1v) is 11.2. The van der Waals surface area contributed by atoms with Crippen molar-refractivity contribution in [3.05, 3.63) is 82.2 Å². The zero-order valence-electron chi connectivity index (χ0n) is 19.1. The van der Waals surface area contributed by atoms with Crippen molar-refractivity contribution in [1.29, 1.82) is 0 Å². The number of amides is 1. The van der Waals surface area contributed by atoms with Gasteiger partial charge in [-0.15, -0.1) is 0 Å². The van der Waals surface area contributed by atoms with Crippen LogP contribution in [-0.4, -0.2) is 47.0 Å². The van der Waals surface area contributed by atoms with Gasteiger partial charge in [0.2, 0.25) is 0 Å². The molecule has 4 rings (SSSR count). The maximum atomic E-state index is 13.0. The standard InChI is InChI=1S/C26H31N3O3/c1-19-5-7-22(8-6-19)17-28-13-4-14-29(16-15-28)26(30)23-9-11-24(12-10-23)31-18-25-20(2)27-32-21(25)3/h5-12H,4,13-18H2,1-3H3. The number of aromatic nitrogens is 1. The molecular weight excluding hydrogens is 402 g/mol. The van der Waals surface area contributed by atoms with E-state index in [-0.39, 0.29) is 5.91 Å². The molecule has 1 amide bonds. The molecule has 3 aromatic rings. The second kappa shape index (κ2) is 10.0. The van der Waals surface area contributed by atoms with Crippen molar-refractivity contribution in [3.8, 4) is 5.75 Å². The number of hydrogen-bond acceptors (Lipinski definition) is 5. The van der Waals surface area contributed by atoms with Crippen molar-refractivity contribution < 1.29 is 14.1 Å². The highest BCUT2D eigenvalue weighted by Gasteiger charge is 2.20. The smallest absolute Gasteiger partial charge is 0.253 e. The van der Waals surface area contributed by atoms with Gasteiger partial charge in [-0.2, -0.15) is 0 Å². The molecular formula is C26H31N3O3. The Morgan fingerprint density at radius 2 is 1.72 bits per heavy atom. The second-order valence-corrected chi connectivity index (χ2v) is 8.52. The van der Waals surface area contributed by atoms with E-state index in [1.165, 1.54) is 11.1 Å². The van der Waals surface area contributed by atoms with Crippen LogP contribution in [0.2, 0.25) is 0 Å². The molecule has 0 N–H and O–H groups in total. The van der Waals surface area contributed by atoms with Gasteiger partial charge in [0, 0.05) is 38.3 Å². The van der Waals surface area contributed by atoms with Crippen LogP contribution in [0, 0.1) is 20.8 Å². The van der Waals surface area contributed by atoms with Crippen LogP contribution in [0.3, 0.4) is 0 Å². The van der Waals surface area contributed by atoms with Gasteiger partial charge in [0.25, 0.3) is 5.91 Å². The van der Waals surface area contributed by atoms with Crippen LogP contribution in [-0.2, 0) is 13.2 Å². The molecule has 6 heteroatoms. The van der Waals surface area contributed by atoms with Crippen molar-refractivity contribution in [2.45, 2.75) is 40.3 Å². The van der Waals surface area contributed by atoms with Gasteiger partial charge in [0.15, 0.2) is 0 Å². The maximum absolute atomic E-state index is 13.0. The van der Waals surface area contributed by atoms with Crippen LogP contribution in [0.1, 0.15) is 44.9 Å². The minimum atomic E-state index is 0.0828. The largest absolute Gasteiger partial charge is 0.489 e. The Hall–Kier alpha value is -3.12. The fraction of sp³-hybridized carbons (Fsp3) is 0.385. The van der Waals surface area contributed by atoms with Gasteiger partial charge in [-0.3, -0.25) is 9.69 Å². The lowest BCUT2D eigenvalue weighted by atomic mass is 10.1. The van der Waals surface area contributed by atoms with E-state index in [1.54, 1.807) is 0 Å². The summed E-state index contributed by atoms with van der Waals surface area (Å²) in [6.07, 6.45) is 0.982. The van der Waals surface area contributed by atoms with Crippen LogP contribution in [0.25, 0.3) is 0 Å². The molecule has 1 fully saturated rings. The summed E-state index contributed by atoms with van der Waals surface area (Å²) in [7, 11) is 0. The first kappa shape index (κ1) is 22.1. The van der Waals surface area contributed by atoms with Crippen LogP contribution in [0.4, 0.5) is 0 Å². The Morgan fingerprint density at radius 3 is 2.41 bits per heavy atom. The lowest BCUT2D eigenvalue weighted by molar-refractivity contribution is 0.0761. The highest BCUT2D eigenvalue weighted by Crippen LogP contribution is 2.19. The topological polar surface area (TPSA) is 58.8 Å². The number of carbonyl (C=O) groups is 1. The molecule has 1 saturated heterocycles. The predicted octanol–water partition coefficient (Wildman–Crippen LogP) is 4.53. The summed E-state index contributed by atoms with van der Waals surface area (Å²) in [6.45, 7) is 10.6. The summed E-state index contributed by atoms with van der Waals surface area (Å²) in [6, 6.07) is 16.1. The molecule has 1 aromatic heterocycles. The number of carbonyl (C=O) groups excluding carboxylic acids is 1. The number of ether oxygens (including phenoxy) is 1. The predicted molar refractivity (Wildman–Crippen MR) is 124 cm³/mol. The molecule has 2 heterocycles. The SMILES string of the molecule is Cc1ccc(CN2CCCN(C(=O)c3ccc(OCc4c(C)noc4C)cc3)CC2)cc1. The number of rotatable bonds is 6. The maximum Gasteiger partial charge on any atom is 0.253 e. The zero-order chi connectivity index (χ0) is 22.5.